The molecular formula is C12H17N3. The molecule has 0 atom stereocenters. The lowest BCUT2D eigenvalue weighted by molar-refractivity contribution is 0.494. The molecule has 0 saturated carbocycles. The molecular weight excluding hydrogens is 186 g/mol. The maximum absolute atomic E-state index is 5.70. The highest BCUT2D eigenvalue weighted by molar-refractivity contribution is 5.79. The Morgan fingerprint density at radius 3 is 2.80 bits per heavy atom. The van der Waals surface area contributed by atoms with Gasteiger partial charge in [-0.25, -0.2) is 4.98 Å². The van der Waals surface area contributed by atoms with Crippen molar-refractivity contribution < 1.29 is 0 Å². The number of pyridine rings is 1. The number of aromatic amines is 1. The number of nitrogens with one attached hydrogen (secondary N) is 1. The van der Waals surface area contributed by atoms with Gasteiger partial charge in [-0.1, -0.05) is 20.8 Å². The molecule has 0 radical (unpaired) electrons. The molecule has 0 spiro atoms. The number of anilines is 1. The average molecular weight is 203 g/mol. The Morgan fingerprint density at radius 1 is 1.40 bits per heavy atom. The number of H-pyrrole nitrogens is 1. The summed E-state index contributed by atoms with van der Waals surface area (Å²) in [7, 11) is 0. The molecule has 0 bridgehead atoms. The average Bonchev–Trinajstić information content (AvgIpc) is 2.61. The van der Waals surface area contributed by atoms with Crippen LogP contribution < -0.4 is 5.73 Å². The summed E-state index contributed by atoms with van der Waals surface area (Å²) in [5.41, 5.74) is 8.71. The van der Waals surface area contributed by atoms with Gasteiger partial charge < -0.3 is 10.7 Å². The smallest absolute Gasteiger partial charge is 0.137 e. The van der Waals surface area contributed by atoms with Crippen molar-refractivity contribution in [3.63, 3.8) is 0 Å². The largest absolute Gasteiger partial charge is 0.397 e. The Labute approximate surface area is 89.7 Å². The fourth-order valence-corrected chi connectivity index (χ4v) is 1.59. The van der Waals surface area contributed by atoms with Crippen molar-refractivity contribution in [2.24, 2.45) is 0 Å². The summed E-state index contributed by atoms with van der Waals surface area (Å²) in [6, 6.07) is 4.09. The van der Waals surface area contributed by atoms with Gasteiger partial charge in [-0.05, 0) is 18.6 Å². The van der Waals surface area contributed by atoms with Gasteiger partial charge in [0.25, 0.3) is 0 Å². The molecule has 2 aromatic rings. The molecule has 0 aliphatic heterocycles. The number of rotatable bonds is 2. The number of nitrogens with two attached hydrogens (primary N) is 1. The van der Waals surface area contributed by atoms with Crippen LogP contribution in [-0.4, -0.2) is 9.97 Å². The van der Waals surface area contributed by atoms with Crippen LogP contribution in [-0.2, 0) is 5.41 Å². The van der Waals surface area contributed by atoms with E-state index in [-0.39, 0.29) is 5.41 Å². The quantitative estimate of drug-likeness (QED) is 0.788. The monoisotopic (exact) mass is 203 g/mol. The minimum atomic E-state index is 0.162. The van der Waals surface area contributed by atoms with E-state index in [2.05, 4.69) is 36.8 Å². The molecule has 0 unspecified atom stereocenters. The van der Waals surface area contributed by atoms with E-state index >= 15 is 0 Å². The van der Waals surface area contributed by atoms with Crippen molar-refractivity contribution in [1.29, 1.82) is 0 Å². The van der Waals surface area contributed by atoms with Crippen LogP contribution in [0.25, 0.3) is 11.0 Å². The SMILES string of the molecule is CCC(C)(C)c1cc2cc(N)cnc2[nH]1. The molecule has 0 aliphatic rings. The molecule has 3 heteroatoms. The number of nitrogen functional groups attached to an aromatic ring is 1. The number of aromatic nitrogens is 2. The summed E-state index contributed by atoms with van der Waals surface area (Å²) in [6.07, 6.45) is 2.77. The van der Waals surface area contributed by atoms with E-state index in [9.17, 15) is 0 Å². The first-order valence-corrected chi connectivity index (χ1v) is 5.27. The van der Waals surface area contributed by atoms with E-state index in [0.717, 1.165) is 17.5 Å². The van der Waals surface area contributed by atoms with E-state index in [1.807, 2.05) is 6.07 Å². The van der Waals surface area contributed by atoms with Crippen LogP contribution in [0, 0.1) is 0 Å². The summed E-state index contributed by atoms with van der Waals surface area (Å²) in [4.78, 5) is 7.62. The Balaban J connectivity index is 2.56. The first kappa shape index (κ1) is 10.0. The van der Waals surface area contributed by atoms with Gasteiger partial charge >= 0.3 is 0 Å². The summed E-state index contributed by atoms with van der Waals surface area (Å²) in [5.74, 6) is 0. The molecule has 0 fully saturated rings. The second kappa shape index (κ2) is 3.26. The normalized spacial score (nSPS) is 12.2. The summed E-state index contributed by atoms with van der Waals surface area (Å²) in [5, 5.41) is 1.09. The van der Waals surface area contributed by atoms with E-state index < -0.39 is 0 Å². The van der Waals surface area contributed by atoms with Crippen LogP contribution in [0.1, 0.15) is 32.9 Å². The van der Waals surface area contributed by atoms with Gasteiger partial charge in [-0.2, -0.15) is 0 Å². The van der Waals surface area contributed by atoms with Crippen molar-refractivity contribution >= 4 is 16.7 Å². The minimum Gasteiger partial charge on any atom is -0.397 e. The van der Waals surface area contributed by atoms with Crippen LogP contribution in [0.4, 0.5) is 5.69 Å². The molecule has 15 heavy (non-hydrogen) atoms. The molecule has 3 nitrogen and oxygen atoms in total. The molecule has 0 saturated heterocycles. The molecule has 3 N–H and O–H groups in total. The third-order valence-corrected chi connectivity index (χ3v) is 3.10. The van der Waals surface area contributed by atoms with Crippen LogP contribution >= 0.6 is 0 Å². The van der Waals surface area contributed by atoms with E-state index in [1.165, 1.54) is 5.69 Å². The first-order valence-electron chi connectivity index (χ1n) is 5.27. The summed E-state index contributed by atoms with van der Waals surface area (Å²) in [6.45, 7) is 6.63. The van der Waals surface area contributed by atoms with Crippen molar-refractivity contribution in [2.45, 2.75) is 32.6 Å². The number of hydrogen-bond acceptors (Lipinski definition) is 2. The Kier molecular flexibility index (Phi) is 2.18. The lowest BCUT2D eigenvalue weighted by atomic mass is 9.86. The van der Waals surface area contributed by atoms with Crippen molar-refractivity contribution in [3.8, 4) is 0 Å². The first-order chi connectivity index (χ1) is 7.03. The molecule has 0 amide bonds. The molecule has 2 heterocycles. The number of hydrogen-bond donors (Lipinski definition) is 2. The topological polar surface area (TPSA) is 54.7 Å². The second-order valence-corrected chi connectivity index (χ2v) is 4.63. The molecule has 2 rings (SSSR count). The summed E-state index contributed by atoms with van der Waals surface area (Å²) < 4.78 is 0. The highest BCUT2D eigenvalue weighted by atomic mass is 14.9. The Hall–Kier alpha value is -1.51. The molecule has 0 aliphatic carbocycles. The van der Waals surface area contributed by atoms with Gasteiger partial charge in [0, 0.05) is 16.5 Å². The van der Waals surface area contributed by atoms with E-state index in [4.69, 9.17) is 5.73 Å². The summed E-state index contributed by atoms with van der Waals surface area (Å²) >= 11 is 0. The van der Waals surface area contributed by atoms with Gasteiger partial charge in [-0.15, -0.1) is 0 Å². The fraction of sp³-hybridized carbons (Fsp3) is 0.417. The fourth-order valence-electron chi connectivity index (χ4n) is 1.59. The number of nitrogens with zero attached hydrogens (tertiary/aromatic N) is 1. The highest BCUT2D eigenvalue weighted by Crippen LogP contribution is 2.28. The standard InChI is InChI=1S/C12H17N3/c1-4-12(2,3)10-6-8-5-9(13)7-14-11(8)15-10/h5-7H,4,13H2,1-3H3,(H,14,15). The van der Waals surface area contributed by atoms with Crippen molar-refractivity contribution in [1.82, 2.24) is 9.97 Å². The Morgan fingerprint density at radius 2 is 2.13 bits per heavy atom. The van der Waals surface area contributed by atoms with Crippen LogP contribution in [0.3, 0.4) is 0 Å². The number of fused-ring (bicyclic) bond motifs is 1. The Bertz CT molecular complexity index is 483. The second-order valence-electron chi connectivity index (χ2n) is 4.63. The molecule has 0 aromatic carbocycles. The zero-order valence-electron chi connectivity index (χ0n) is 9.46. The molecule has 80 valence electrons. The predicted molar refractivity (Wildman–Crippen MR) is 63.8 cm³/mol. The minimum absolute atomic E-state index is 0.162. The van der Waals surface area contributed by atoms with Crippen LogP contribution in [0.15, 0.2) is 18.3 Å². The maximum Gasteiger partial charge on any atom is 0.137 e. The molecule has 2 aromatic heterocycles. The van der Waals surface area contributed by atoms with Gasteiger partial charge in [0.1, 0.15) is 5.65 Å². The third kappa shape index (κ3) is 1.69. The van der Waals surface area contributed by atoms with Gasteiger partial charge in [0.2, 0.25) is 0 Å². The van der Waals surface area contributed by atoms with Crippen molar-refractivity contribution in [2.75, 3.05) is 5.73 Å². The lowest BCUT2D eigenvalue weighted by Gasteiger charge is -2.20. The van der Waals surface area contributed by atoms with Crippen molar-refractivity contribution in [3.05, 3.63) is 24.0 Å². The lowest BCUT2D eigenvalue weighted by Crippen LogP contribution is -2.15. The van der Waals surface area contributed by atoms with Gasteiger partial charge in [-0.3, -0.25) is 0 Å². The zero-order chi connectivity index (χ0) is 11.1. The van der Waals surface area contributed by atoms with E-state index in [0.29, 0.717) is 5.69 Å². The van der Waals surface area contributed by atoms with Crippen LogP contribution in [0.2, 0.25) is 0 Å². The zero-order valence-corrected chi connectivity index (χ0v) is 9.46. The van der Waals surface area contributed by atoms with Gasteiger partial charge in [0.15, 0.2) is 0 Å². The maximum atomic E-state index is 5.70. The van der Waals surface area contributed by atoms with Gasteiger partial charge in [0.05, 0.1) is 11.9 Å². The predicted octanol–water partition coefficient (Wildman–Crippen LogP) is 2.83. The third-order valence-electron chi connectivity index (χ3n) is 3.10. The highest BCUT2D eigenvalue weighted by Gasteiger charge is 2.20. The van der Waals surface area contributed by atoms with E-state index in [1.54, 1.807) is 6.20 Å². The van der Waals surface area contributed by atoms with Crippen LogP contribution in [0.5, 0.6) is 0 Å².